The summed E-state index contributed by atoms with van der Waals surface area (Å²) >= 11 is 12.4. The predicted molar refractivity (Wildman–Crippen MR) is 96.8 cm³/mol. The van der Waals surface area contributed by atoms with Crippen LogP contribution in [0.3, 0.4) is 0 Å². The van der Waals surface area contributed by atoms with Crippen LogP contribution in [0, 0.1) is 5.82 Å². The largest absolute Gasteiger partial charge is 0.489 e. The fourth-order valence-electron chi connectivity index (χ4n) is 2.79. The third-order valence-electron chi connectivity index (χ3n) is 4.01. The summed E-state index contributed by atoms with van der Waals surface area (Å²) in [5, 5.41) is 9.34. The zero-order valence-corrected chi connectivity index (χ0v) is 15.1. The standard InChI is InChI=1S/C18H16Cl2FNO4/c19-12-7-10(21)8-13(20)15(12)11-3-2-9(6-14(22)18(23)24)16-17(11)26-5-1-4-25-16/h2-3,7-8,14H,1,4-6,22H2,(H,23,24). The van der Waals surface area contributed by atoms with Gasteiger partial charge in [-0.05, 0) is 18.2 Å². The molecule has 0 bridgehead atoms. The molecule has 0 spiro atoms. The lowest BCUT2D eigenvalue weighted by Crippen LogP contribution is -2.32. The lowest BCUT2D eigenvalue weighted by Gasteiger charge is -2.19. The summed E-state index contributed by atoms with van der Waals surface area (Å²) < 4.78 is 25.1. The number of carboxylic acids is 1. The SMILES string of the molecule is NC(Cc1ccc(-c2c(Cl)cc(F)cc2Cl)c2c1OCCCO2)C(=O)O. The van der Waals surface area contributed by atoms with E-state index in [1.807, 2.05) is 0 Å². The molecule has 1 unspecified atom stereocenters. The van der Waals surface area contributed by atoms with Crippen molar-refractivity contribution in [2.45, 2.75) is 18.9 Å². The molecule has 0 saturated heterocycles. The molecule has 2 aromatic carbocycles. The Balaban J connectivity index is 2.15. The minimum atomic E-state index is -1.11. The normalized spacial score (nSPS) is 14.6. The summed E-state index contributed by atoms with van der Waals surface area (Å²) in [5.74, 6) is -0.848. The molecule has 0 radical (unpaired) electrons. The fourth-order valence-corrected chi connectivity index (χ4v) is 3.46. The van der Waals surface area contributed by atoms with Gasteiger partial charge in [-0.3, -0.25) is 4.79 Å². The van der Waals surface area contributed by atoms with Crippen LogP contribution in [-0.4, -0.2) is 30.3 Å². The summed E-state index contributed by atoms with van der Waals surface area (Å²) in [6.07, 6.45) is 0.732. The van der Waals surface area contributed by atoms with E-state index in [-0.39, 0.29) is 16.5 Å². The van der Waals surface area contributed by atoms with E-state index in [2.05, 4.69) is 0 Å². The van der Waals surface area contributed by atoms with Crippen molar-refractivity contribution < 1.29 is 23.8 Å². The van der Waals surface area contributed by atoms with E-state index in [9.17, 15) is 9.18 Å². The Morgan fingerprint density at radius 2 is 1.81 bits per heavy atom. The van der Waals surface area contributed by atoms with Gasteiger partial charge in [0.05, 0.1) is 23.3 Å². The minimum Gasteiger partial charge on any atom is -0.489 e. The molecule has 3 rings (SSSR count). The molecule has 1 aliphatic rings. The van der Waals surface area contributed by atoms with E-state index in [1.54, 1.807) is 12.1 Å². The summed E-state index contributed by atoms with van der Waals surface area (Å²) in [5.41, 5.74) is 7.23. The first-order valence-electron chi connectivity index (χ1n) is 7.93. The Bertz CT molecular complexity index is 836. The number of nitrogens with two attached hydrogens (primary N) is 1. The van der Waals surface area contributed by atoms with Crippen LogP contribution in [0.2, 0.25) is 10.0 Å². The highest BCUT2D eigenvalue weighted by molar-refractivity contribution is 6.39. The molecule has 138 valence electrons. The first-order chi connectivity index (χ1) is 12.4. The average Bonchev–Trinajstić information content (AvgIpc) is 2.81. The second-order valence-corrected chi connectivity index (χ2v) is 6.69. The highest BCUT2D eigenvalue weighted by Gasteiger charge is 2.25. The summed E-state index contributed by atoms with van der Waals surface area (Å²) in [6.45, 7) is 0.821. The summed E-state index contributed by atoms with van der Waals surface area (Å²) in [7, 11) is 0. The number of ether oxygens (including phenoxy) is 2. The van der Waals surface area contributed by atoms with Crippen molar-refractivity contribution in [1.29, 1.82) is 0 Å². The van der Waals surface area contributed by atoms with Crippen LogP contribution < -0.4 is 15.2 Å². The van der Waals surface area contributed by atoms with Gasteiger partial charge in [0, 0.05) is 29.5 Å². The lowest BCUT2D eigenvalue weighted by molar-refractivity contribution is -0.138. The van der Waals surface area contributed by atoms with E-state index in [1.165, 1.54) is 12.1 Å². The first kappa shape index (κ1) is 18.8. The van der Waals surface area contributed by atoms with Crippen molar-refractivity contribution in [2.24, 2.45) is 5.73 Å². The van der Waals surface area contributed by atoms with Crippen molar-refractivity contribution in [3.05, 3.63) is 45.7 Å². The maximum atomic E-state index is 13.5. The quantitative estimate of drug-likeness (QED) is 0.813. The van der Waals surface area contributed by atoms with E-state index in [4.69, 9.17) is 43.5 Å². The fraction of sp³-hybridized carbons (Fsp3) is 0.278. The molecule has 1 heterocycles. The van der Waals surface area contributed by atoms with Crippen molar-refractivity contribution in [3.8, 4) is 22.6 Å². The third kappa shape index (κ3) is 3.72. The zero-order chi connectivity index (χ0) is 18.8. The third-order valence-corrected chi connectivity index (χ3v) is 4.60. The van der Waals surface area contributed by atoms with E-state index >= 15 is 0 Å². The van der Waals surface area contributed by atoms with Gasteiger partial charge in [-0.2, -0.15) is 0 Å². The monoisotopic (exact) mass is 399 g/mol. The van der Waals surface area contributed by atoms with E-state index in [0.29, 0.717) is 47.8 Å². The Kier molecular flexibility index (Phi) is 5.55. The number of rotatable bonds is 4. The molecule has 0 fully saturated rings. The molecule has 5 nitrogen and oxygen atoms in total. The summed E-state index contributed by atoms with van der Waals surface area (Å²) in [6, 6.07) is 4.65. The first-order valence-corrected chi connectivity index (χ1v) is 8.69. The number of hydrogen-bond acceptors (Lipinski definition) is 4. The van der Waals surface area contributed by atoms with Crippen LogP contribution in [0.4, 0.5) is 4.39 Å². The molecule has 26 heavy (non-hydrogen) atoms. The van der Waals surface area contributed by atoms with Gasteiger partial charge in [-0.25, -0.2) is 4.39 Å². The van der Waals surface area contributed by atoms with Gasteiger partial charge in [-0.1, -0.05) is 29.3 Å². The molecule has 0 aromatic heterocycles. The molecule has 1 aliphatic heterocycles. The van der Waals surface area contributed by atoms with Crippen molar-refractivity contribution in [2.75, 3.05) is 13.2 Å². The molecule has 0 aliphatic carbocycles. The molecule has 1 atom stereocenters. The number of aliphatic carboxylic acids is 1. The molecule has 8 heteroatoms. The topological polar surface area (TPSA) is 81.8 Å². The van der Waals surface area contributed by atoms with Gasteiger partial charge in [0.25, 0.3) is 0 Å². The minimum absolute atomic E-state index is 0.0756. The molecule has 0 amide bonds. The Morgan fingerprint density at radius 1 is 1.19 bits per heavy atom. The van der Waals surface area contributed by atoms with Gasteiger partial charge in [0.1, 0.15) is 11.9 Å². The average molecular weight is 400 g/mol. The number of fused-ring (bicyclic) bond motifs is 1. The number of carbonyl (C=O) groups is 1. The number of benzene rings is 2. The van der Waals surface area contributed by atoms with E-state index in [0.717, 1.165) is 0 Å². The highest BCUT2D eigenvalue weighted by atomic mass is 35.5. The van der Waals surface area contributed by atoms with Crippen molar-refractivity contribution in [1.82, 2.24) is 0 Å². The highest BCUT2D eigenvalue weighted by Crippen LogP contribution is 2.46. The van der Waals surface area contributed by atoms with E-state index < -0.39 is 17.8 Å². The van der Waals surface area contributed by atoms with Gasteiger partial charge in [0.15, 0.2) is 11.5 Å². The van der Waals surface area contributed by atoms with Crippen molar-refractivity contribution >= 4 is 29.2 Å². The van der Waals surface area contributed by atoms with Crippen LogP contribution in [0.1, 0.15) is 12.0 Å². The van der Waals surface area contributed by atoms with Gasteiger partial charge in [0.2, 0.25) is 0 Å². The van der Waals surface area contributed by atoms with Crippen LogP contribution in [0.5, 0.6) is 11.5 Å². The Labute approximate surface area is 159 Å². The van der Waals surface area contributed by atoms with Gasteiger partial charge in [-0.15, -0.1) is 0 Å². The number of carboxylic acid groups (broad SMARTS) is 1. The maximum Gasteiger partial charge on any atom is 0.320 e. The molecule has 2 aromatic rings. The zero-order valence-electron chi connectivity index (χ0n) is 13.6. The lowest BCUT2D eigenvalue weighted by atomic mass is 9.98. The number of hydrogen-bond donors (Lipinski definition) is 2. The molecule has 0 saturated carbocycles. The number of halogens is 3. The second kappa shape index (κ2) is 7.70. The van der Waals surface area contributed by atoms with Crippen LogP contribution in [-0.2, 0) is 11.2 Å². The van der Waals surface area contributed by atoms with Crippen molar-refractivity contribution in [3.63, 3.8) is 0 Å². The maximum absolute atomic E-state index is 13.5. The van der Waals surface area contributed by atoms with Crippen LogP contribution in [0.25, 0.3) is 11.1 Å². The molecule has 3 N–H and O–H groups in total. The Morgan fingerprint density at radius 3 is 2.42 bits per heavy atom. The molecular formula is C18H16Cl2FNO4. The Hall–Kier alpha value is -2.02. The van der Waals surface area contributed by atoms with Gasteiger partial charge < -0.3 is 20.3 Å². The van der Waals surface area contributed by atoms with Crippen LogP contribution >= 0.6 is 23.2 Å². The smallest absolute Gasteiger partial charge is 0.320 e. The van der Waals surface area contributed by atoms with Crippen LogP contribution in [0.15, 0.2) is 24.3 Å². The predicted octanol–water partition coefficient (Wildman–Crippen LogP) is 3.92. The van der Waals surface area contributed by atoms with Gasteiger partial charge >= 0.3 is 5.97 Å². The second-order valence-electron chi connectivity index (χ2n) is 5.87. The summed E-state index contributed by atoms with van der Waals surface area (Å²) in [4.78, 5) is 11.1. The molecular weight excluding hydrogens is 384 g/mol.